The Morgan fingerprint density at radius 1 is 1.15 bits per heavy atom. The van der Waals surface area contributed by atoms with E-state index in [0.29, 0.717) is 36.8 Å². The van der Waals surface area contributed by atoms with Crippen LogP contribution in [-0.4, -0.2) is 59.4 Å². The number of likely N-dealkylation sites (tertiary alicyclic amines) is 1. The molecule has 7 nitrogen and oxygen atoms in total. The molecule has 3 rings (SSSR count). The average molecular weight is 469 g/mol. The molecule has 184 valence electrons. The van der Waals surface area contributed by atoms with Gasteiger partial charge in [-0.1, -0.05) is 27.7 Å². The number of aryl methyl sites for hydroxylation is 1. The van der Waals surface area contributed by atoms with Crippen molar-refractivity contribution in [3.05, 3.63) is 58.6 Å². The highest BCUT2D eigenvalue weighted by Crippen LogP contribution is 2.40. The molecule has 1 aliphatic rings. The molecule has 1 aliphatic heterocycles. The molecule has 0 bridgehead atoms. The van der Waals surface area contributed by atoms with E-state index in [1.165, 1.54) is 4.90 Å². The van der Waals surface area contributed by atoms with Gasteiger partial charge in [0, 0.05) is 18.7 Å². The standard InChI is InChI=1S/C27H36N2O5/c1-7-28(8-2)14-15-29-24(22-12-10-18(6)34-22)23(26(31)27(29)32)25(30)19-11-13-21(33-9-3)20(16-19)17(4)5/h10-13,16-17,24,30H,7-9,14-15H2,1-6H3/b25-23-. The fourth-order valence-corrected chi connectivity index (χ4v) is 4.39. The Balaban J connectivity index is 2.11. The van der Waals surface area contributed by atoms with Gasteiger partial charge < -0.3 is 24.1 Å². The molecule has 1 aromatic heterocycles. The molecule has 0 saturated carbocycles. The molecular formula is C27H36N2O5. The van der Waals surface area contributed by atoms with Crippen molar-refractivity contribution in [2.24, 2.45) is 0 Å². The smallest absolute Gasteiger partial charge is 0.295 e. The predicted octanol–water partition coefficient (Wildman–Crippen LogP) is 4.87. The monoisotopic (exact) mass is 468 g/mol. The lowest BCUT2D eigenvalue weighted by Crippen LogP contribution is -2.37. The Morgan fingerprint density at radius 2 is 1.85 bits per heavy atom. The minimum Gasteiger partial charge on any atom is -0.507 e. The quantitative estimate of drug-likeness (QED) is 0.304. The number of furan rings is 1. The number of likely N-dealkylation sites (N-methyl/N-ethyl adjacent to an activating group) is 1. The predicted molar refractivity (Wildman–Crippen MR) is 132 cm³/mol. The summed E-state index contributed by atoms with van der Waals surface area (Å²) >= 11 is 0. The van der Waals surface area contributed by atoms with Crippen LogP contribution in [0.2, 0.25) is 0 Å². The maximum atomic E-state index is 13.2. The van der Waals surface area contributed by atoms with Crippen molar-refractivity contribution in [1.82, 2.24) is 9.80 Å². The summed E-state index contributed by atoms with van der Waals surface area (Å²) in [6, 6.07) is 8.14. The van der Waals surface area contributed by atoms with Crippen molar-refractivity contribution < 1.29 is 23.8 Å². The summed E-state index contributed by atoms with van der Waals surface area (Å²) < 4.78 is 11.6. The van der Waals surface area contributed by atoms with E-state index in [1.807, 2.05) is 33.8 Å². The van der Waals surface area contributed by atoms with Gasteiger partial charge in [-0.3, -0.25) is 9.59 Å². The first-order valence-corrected chi connectivity index (χ1v) is 12.1. The number of ether oxygens (including phenoxy) is 1. The summed E-state index contributed by atoms with van der Waals surface area (Å²) in [5.41, 5.74) is 1.45. The number of benzene rings is 1. The van der Waals surface area contributed by atoms with Crippen LogP contribution in [0.25, 0.3) is 5.76 Å². The molecular weight excluding hydrogens is 432 g/mol. The second-order valence-corrected chi connectivity index (χ2v) is 8.81. The second kappa shape index (κ2) is 10.9. The van der Waals surface area contributed by atoms with Crippen molar-refractivity contribution in [2.75, 3.05) is 32.8 Å². The van der Waals surface area contributed by atoms with Gasteiger partial charge in [-0.05, 0) is 68.8 Å². The van der Waals surface area contributed by atoms with Gasteiger partial charge in [-0.15, -0.1) is 0 Å². The van der Waals surface area contributed by atoms with Gasteiger partial charge in [0.1, 0.15) is 29.1 Å². The summed E-state index contributed by atoms with van der Waals surface area (Å²) in [5, 5.41) is 11.3. The van der Waals surface area contributed by atoms with Crippen LogP contribution < -0.4 is 4.74 Å². The van der Waals surface area contributed by atoms with E-state index in [9.17, 15) is 14.7 Å². The number of Topliss-reactive ketones (excluding diaryl/α,β-unsaturated/α-hetero) is 1. The summed E-state index contributed by atoms with van der Waals surface area (Å²) in [5.74, 6) is 0.507. The number of hydrogen-bond donors (Lipinski definition) is 1. The molecule has 0 aliphatic carbocycles. The number of carbonyl (C=O) groups is 2. The number of aliphatic hydroxyl groups excluding tert-OH is 1. The Hall–Kier alpha value is -3.06. The number of nitrogens with zero attached hydrogens (tertiary/aromatic N) is 2. The molecule has 1 fully saturated rings. The van der Waals surface area contributed by atoms with Gasteiger partial charge in [0.15, 0.2) is 0 Å². The Bertz CT molecular complexity index is 1060. The topological polar surface area (TPSA) is 83.2 Å². The number of rotatable bonds is 10. The molecule has 0 spiro atoms. The normalized spacial score (nSPS) is 17.9. The molecule has 2 aromatic rings. The second-order valence-electron chi connectivity index (χ2n) is 8.81. The largest absolute Gasteiger partial charge is 0.507 e. The highest BCUT2D eigenvalue weighted by Gasteiger charge is 2.47. The Morgan fingerprint density at radius 3 is 2.41 bits per heavy atom. The molecule has 1 atom stereocenters. The third-order valence-electron chi connectivity index (χ3n) is 6.33. The van der Waals surface area contributed by atoms with Crippen molar-refractivity contribution in [3.8, 4) is 5.75 Å². The molecule has 1 saturated heterocycles. The number of aliphatic hydroxyl groups is 1. The fourth-order valence-electron chi connectivity index (χ4n) is 4.39. The maximum Gasteiger partial charge on any atom is 0.295 e. The first-order valence-electron chi connectivity index (χ1n) is 12.1. The van der Waals surface area contributed by atoms with Crippen LogP contribution in [0, 0.1) is 6.92 Å². The molecule has 7 heteroatoms. The average Bonchev–Trinajstić information content (AvgIpc) is 3.35. The van der Waals surface area contributed by atoms with E-state index < -0.39 is 17.7 Å². The van der Waals surface area contributed by atoms with Crippen LogP contribution in [0.5, 0.6) is 5.75 Å². The van der Waals surface area contributed by atoms with Crippen LogP contribution in [0.4, 0.5) is 0 Å². The SMILES string of the molecule is CCOc1ccc(/C(O)=C2/C(=O)C(=O)N(CCN(CC)CC)C2c2ccc(C)o2)cc1C(C)C. The third-order valence-corrected chi connectivity index (χ3v) is 6.33. The first-order chi connectivity index (χ1) is 16.2. The molecule has 1 N–H and O–H groups in total. The van der Waals surface area contributed by atoms with Crippen LogP contribution in [-0.2, 0) is 9.59 Å². The minimum absolute atomic E-state index is 0.0535. The van der Waals surface area contributed by atoms with E-state index in [0.717, 1.165) is 24.4 Å². The van der Waals surface area contributed by atoms with Crippen molar-refractivity contribution >= 4 is 17.4 Å². The highest BCUT2D eigenvalue weighted by molar-refractivity contribution is 6.46. The zero-order chi connectivity index (χ0) is 25.0. The molecule has 1 unspecified atom stereocenters. The van der Waals surface area contributed by atoms with Gasteiger partial charge in [0.2, 0.25) is 0 Å². The molecule has 1 aromatic carbocycles. The van der Waals surface area contributed by atoms with Gasteiger partial charge >= 0.3 is 0 Å². The lowest BCUT2D eigenvalue weighted by molar-refractivity contribution is -0.140. The van der Waals surface area contributed by atoms with E-state index in [-0.39, 0.29) is 17.3 Å². The Kier molecular flexibility index (Phi) is 8.20. The van der Waals surface area contributed by atoms with Gasteiger partial charge in [0.25, 0.3) is 11.7 Å². The van der Waals surface area contributed by atoms with Crippen LogP contribution in [0.1, 0.15) is 69.2 Å². The summed E-state index contributed by atoms with van der Waals surface area (Å²) in [7, 11) is 0. The highest BCUT2D eigenvalue weighted by atomic mass is 16.5. The van der Waals surface area contributed by atoms with Crippen LogP contribution in [0.15, 0.2) is 40.3 Å². The third kappa shape index (κ3) is 5.04. The number of carbonyl (C=O) groups excluding carboxylic acids is 2. The molecule has 34 heavy (non-hydrogen) atoms. The van der Waals surface area contributed by atoms with E-state index in [4.69, 9.17) is 9.15 Å². The maximum absolute atomic E-state index is 13.2. The van der Waals surface area contributed by atoms with Crippen molar-refractivity contribution in [2.45, 2.75) is 53.5 Å². The van der Waals surface area contributed by atoms with E-state index in [2.05, 4.69) is 18.7 Å². The van der Waals surface area contributed by atoms with E-state index >= 15 is 0 Å². The van der Waals surface area contributed by atoms with Gasteiger partial charge in [0.05, 0.1) is 12.2 Å². The number of hydrogen-bond acceptors (Lipinski definition) is 6. The minimum atomic E-state index is -0.779. The number of ketones is 1. The van der Waals surface area contributed by atoms with Gasteiger partial charge in [-0.2, -0.15) is 0 Å². The molecule has 2 heterocycles. The van der Waals surface area contributed by atoms with Crippen molar-refractivity contribution in [1.29, 1.82) is 0 Å². The first kappa shape index (κ1) is 25.6. The van der Waals surface area contributed by atoms with Crippen LogP contribution >= 0.6 is 0 Å². The fraction of sp³-hybridized carbons (Fsp3) is 0.481. The Labute approximate surface area is 202 Å². The van der Waals surface area contributed by atoms with E-state index in [1.54, 1.807) is 24.3 Å². The lowest BCUT2D eigenvalue weighted by atomic mass is 9.95. The summed E-state index contributed by atoms with van der Waals surface area (Å²) in [4.78, 5) is 30.0. The molecule has 1 amide bonds. The van der Waals surface area contributed by atoms with Gasteiger partial charge in [-0.25, -0.2) is 0 Å². The summed E-state index contributed by atoms with van der Waals surface area (Å²) in [6.45, 7) is 15.1. The zero-order valence-electron chi connectivity index (χ0n) is 21.1. The van der Waals surface area contributed by atoms with Crippen molar-refractivity contribution in [3.63, 3.8) is 0 Å². The summed E-state index contributed by atoms with van der Waals surface area (Å²) in [6.07, 6.45) is 0. The molecule has 0 radical (unpaired) electrons. The van der Waals surface area contributed by atoms with Crippen LogP contribution in [0.3, 0.4) is 0 Å². The lowest BCUT2D eigenvalue weighted by Gasteiger charge is -2.26. The zero-order valence-corrected chi connectivity index (χ0v) is 21.1. The number of amides is 1.